The molecule has 0 fully saturated rings. The molecule has 15 heavy (non-hydrogen) atoms. The van der Waals surface area contributed by atoms with Crippen LogP contribution < -0.4 is 6.15 Å². The standard InChI is InChI=1S/C11H22O3.H3N/c1-4-11(5-2,6-3)8-7-9-14-10(12)13;/h4-9H2,1-3H3,(H,12,13);1H3. The van der Waals surface area contributed by atoms with Gasteiger partial charge in [0.15, 0.2) is 0 Å². The van der Waals surface area contributed by atoms with Gasteiger partial charge in [0.1, 0.15) is 0 Å². The van der Waals surface area contributed by atoms with Crippen molar-refractivity contribution in [2.75, 3.05) is 6.61 Å². The van der Waals surface area contributed by atoms with Gasteiger partial charge in [-0.2, -0.15) is 0 Å². The van der Waals surface area contributed by atoms with E-state index in [4.69, 9.17) is 5.11 Å². The summed E-state index contributed by atoms with van der Waals surface area (Å²) in [6.45, 7) is 6.93. The average molecular weight is 219 g/mol. The molecule has 0 saturated heterocycles. The van der Waals surface area contributed by atoms with Crippen molar-refractivity contribution >= 4 is 6.16 Å². The Labute approximate surface area is 92.6 Å². The van der Waals surface area contributed by atoms with Gasteiger partial charge in [-0.3, -0.25) is 0 Å². The van der Waals surface area contributed by atoms with Crippen LogP contribution in [0.5, 0.6) is 0 Å². The van der Waals surface area contributed by atoms with Crippen molar-refractivity contribution in [3.8, 4) is 0 Å². The maximum Gasteiger partial charge on any atom is 0.505 e. The van der Waals surface area contributed by atoms with Crippen LogP contribution in [0.3, 0.4) is 0 Å². The molecule has 0 rings (SSSR count). The summed E-state index contributed by atoms with van der Waals surface area (Å²) in [5.41, 5.74) is 0.391. The minimum absolute atomic E-state index is 0. The van der Waals surface area contributed by atoms with E-state index in [2.05, 4.69) is 25.5 Å². The van der Waals surface area contributed by atoms with Gasteiger partial charge in [-0.1, -0.05) is 40.0 Å². The Balaban J connectivity index is 0. The van der Waals surface area contributed by atoms with Gasteiger partial charge in [-0.15, -0.1) is 0 Å². The Kier molecular flexibility index (Phi) is 9.47. The molecule has 0 atom stereocenters. The number of carbonyl (C=O) groups is 1. The van der Waals surface area contributed by atoms with Crippen molar-refractivity contribution in [3.63, 3.8) is 0 Å². The summed E-state index contributed by atoms with van der Waals surface area (Å²) in [5.74, 6) is 0. The Hall–Kier alpha value is -0.770. The molecule has 0 aromatic heterocycles. The normalized spacial score (nSPS) is 10.6. The van der Waals surface area contributed by atoms with E-state index in [1.54, 1.807) is 0 Å². The van der Waals surface area contributed by atoms with Crippen LogP contribution in [0.15, 0.2) is 0 Å². The summed E-state index contributed by atoms with van der Waals surface area (Å²) in [7, 11) is 0. The molecule has 0 aromatic rings. The highest BCUT2D eigenvalue weighted by molar-refractivity contribution is 5.56. The molecule has 0 spiro atoms. The van der Waals surface area contributed by atoms with Crippen LogP contribution in [0.25, 0.3) is 0 Å². The van der Waals surface area contributed by atoms with Gasteiger partial charge in [0.2, 0.25) is 0 Å². The van der Waals surface area contributed by atoms with Crippen molar-refractivity contribution in [1.82, 2.24) is 6.15 Å². The highest BCUT2D eigenvalue weighted by atomic mass is 16.7. The number of hydrogen-bond donors (Lipinski definition) is 2. The maximum atomic E-state index is 10.1. The first-order chi connectivity index (χ1) is 6.60. The summed E-state index contributed by atoms with van der Waals surface area (Å²) in [4.78, 5) is 10.1. The minimum atomic E-state index is -1.17. The highest BCUT2D eigenvalue weighted by Gasteiger charge is 2.22. The van der Waals surface area contributed by atoms with Crippen molar-refractivity contribution in [1.29, 1.82) is 0 Å². The Bertz CT molecular complexity index is 159. The third-order valence-electron chi connectivity index (χ3n) is 3.33. The fraction of sp³-hybridized carbons (Fsp3) is 0.909. The van der Waals surface area contributed by atoms with E-state index in [9.17, 15) is 4.79 Å². The lowest BCUT2D eigenvalue weighted by atomic mass is 9.76. The molecule has 0 saturated carbocycles. The third kappa shape index (κ3) is 6.33. The van der Waals surface area contributed by atoms with Gasteiger partial charge in [-0.25, -0.2) is 4.79 Å². The Morgan fingerprint density at radius 1 is 1.20 bits per heavy atom. The van der Waals surface area contributed by atoms with Crippen molar-refractivity contribution < 1.29 is 14.6 Å². The van der Waals surface area contributed by atoms with Crippen LogP contribution in [0.1, 0.15) is 52.9 Å². The lowest BCUT2D eigenvalue weighted by Gasteiger charge is -2.30. The van der Waals surface area contributed by atoms with Crippen LogP contribution in [-0.2, 0) is 4.74 Å². The summed E-state index contributed by atoms with van der Waals surface area (Å²) in [6, 6.07) is 0. The summed E-state index contributed by atoms with van der Waals surface area (Å²) < 4.78 is 4.49. The fourth-order valence-corrected chi connectivity index (χ4v) is 1.89. The van der Waals surface area contributed by atoms with E-state index in [0.29, 0.717) is 12.0 Å². The molecule has 0 amide bonds. The number of carboxylic acid groups (broad SMARTS) is 1. The number of hydrogen-bond acceptors (Lipinski definition) is 3. The van der Waals surface area contributed by atoms with Crippen LogP contribution in [0.4, 0.5) is 4.79 Å². The van der Waals surface area contributed by atoms with Gasteiger partial charge in [0, 0.05) is 0 Å². The number of ether oxygens (including phenoxy) is 1. The maximum absolute atomic E-state index is 10.1. The van der Waals surface area contributed by atoms with Gasteiger partial charge in [0.05, 0.1) is 6.61 Å². The van der Waals surface area contributed by atoms with Crippen LogP contribution >= 0.6 is 0 Å². The molecule has 0 bridgehead atoms. The van der Waals surface area contributed by atoms with E-state index in [-0.39, 0.29) is 6.15 Å². The van der Waals surface area contributed by atoms with Crippen LogP contribution in [-0.4, -0.2) is 17.9 Å². The predicted octanol–water partition coefficient (Wildman–Crippen LogP) is 3.84. The summed E-state index contributed by atoms with van der Waals surface area (Å²) >= 11 is 0. The average Bonchev–Trinajstić information content (AvgIpc) is 2.19. The van der Waals surface area contributed by atoms with Crippen LogP contribution in [0.2, 0.25) is 0 Å². The zero-order valence-electron chi connectivity index (χ0n) is 10.2. The summed E-state index contributed by atoms with van der Waals surface area (Å²) in [5, 5.41) is 8.29. The molecule has 0 aromatic carbocycles. The SMILES string of the molecule is CCC(CC)(CC)CCCOC(=O)O.N. The number of rotatable bonds is 7. The zero-order chi connectivity index (χ0) is 11.0. The largest absolute Gasteiger partial charge is 0.505 e. The monoisotopic (exact) mass is 219 g/mol. The van der Waals surface area contributed by atoms with Crippen molar-refractivity contribution in [2.24, 2.45) is 5.41 Å². The molecular formula is C11H25NO3. The van der Waals surface area contributed by atoms with E-state index in [1.807, 2.05) is 0 Å². The topological polar surface area (TPSA) is 81.5 Å². The van der Waals surface area contributed by atoms with Gasteiger partial charge >= 0.3 is 6.16 Å². The van der Waals surface area contributed by atoms with E-state index >= 15 is 0 Å². The Morgan fingerprint density at radius 3 is 2.00 bits per heavy atom. The first-order valence-electron chi connectivity index (χ1n) is 5.46. The van der Waals surface area contributed by atoms with Crippen LogP contribution in [0, 0.1) is 5.41 Å². The predicted molar refractivity (Wildman–Crippen MR) is 61.5 cm³/mol. The van der Waals surface area contributed by atoms with Crippen molar-refractivity contribution in [2.45, 2.75) is 52.9 Å². The summed E-state index contributed by atoms with van der Waals surface area (Å²) in [6.07, 6.45) is 4.21. The molecule has 0 aliphatic carbocycles. The van der Waals surface area contributed by atoms with Gasteiger partial charge in [0.25, 0.3) is 0 Å². The molecule has 92 valence electrons. The van der Waals surface area contributed by atoms with E-state index < -0.39 is 6.16 Å². The second kappa shape index (κ2) is 8.53. The molecule has 4 nitrogen and oxygen atoms in total. The van der Waals surface area contributed by atoms with E-state index in [0.717, 1.165) is 32.1 Å². The van der Waals surface area contributed by atoms with E-state index in [1.165, 1.54) is 0 Å². The smallest absolute Gasteiger partial charge is 0.450 e. The zero-order valence-corrected chi connectivity index (χ0v) is 10.2. The molecule has 0 radical (unpaired) electrons. The quantitative estimate of drug-likeness (QED) is 0.503. The molecular weight excluding hydrogens is 194 g/mol. The first kappa shape index (κ1) is 16.7. The molecule has 0 unspecified atom stereocenters. The highest BCUT2D eigenvalue weighted by Crippen LogP contribution is 2.35. The molecule has 4 heteroatoms. The third-order valence-corrected chi connectivity index (χ3v) is 3.33. The lowest BCUT2D eigenvalue weighted by Crippen LogP contribution is -2.18. The van der Waals surface area contributed by atoms with Gasteiger partial charge in [-0.05, 0) is 18.3 Å². The Morgan fingerprint density at radius 2 is 1.67 bits per heavy atom. The molecule has 4 N–H and O–H groups in total. The molecule has 0 aliphatic heterocycles. The molecule has 0 heterocycles. The minimum Gasteiger partial charge on any atom is -0.450 e. The molecule has 0 aliphatic rings. The lowest BCUT2D eigenvalue weighted by molar-refractivity contribution is 0.0842. The van der Waals surface area contributed by atoms with Gasteiger partial charge < -0.3 is 16.0 Å². The second-order valence-electron chi connectivity index (χ2n) is 3.78. The second-order valence-corrected chi connectivity index (χ2v) is 3.78. The first-order valence-corrected chi connectivity index (χ1v) is 5.46. The van der Waals surface area contributed by atoms with Crippen molar-refractivity contribution in [3.05, 3.63) is 0 Å². The fourth-order valence-electron chi connectivity index (χ4n) is 1.89.